The SMILES string of the molecule is Cc1cccc(OCc2nnc(S[C@@H](C)C(=O)Nc3cc(F)ccc3F)o2)c1. The molecule has 0 fully saturated rings. The highest BCUT2D eigenvalue weighted by atomic mass is 32.2. The van der Waals surface area contributed by atoms with Crippen LogP contribution in [0.2, 0.25) is 0 Å². The molecular weight excluding hydrogens is 388 g/mol. The molecule has 1 atom stereocenters. The number of rotatable bonds is 7. The summed E-state index contributed by atoms with van der Waals surface area (Å²) in [5.41, 5.74) is 0.837. The van der Waals surface area contributed by atoms with E-state index in [9.17, 15) is 13.6 Å². The number of ether oxygens (including phenoxy) is 1. The van der Waals surface area contributed by atoms with Crippen LogP contribution in [-0.2, 0) is 11.4 Å². The molecule has 0 aliphatic heterocycles. The highest BCUT2D eigenvalue weighted by Crippen LogP contribution is 2.24. The molecule has 1 heterocycles. The summed E-state index contributed by atoms with van der Waals surface area (Å²) >= 11 is 1.00. The number of amides is 1. The highest BCUT2D eigenvalue weighted by Gasteiger charge is 2.20. The fourth-order valence-electron chi connectivity index (χ4n) is 2.23. The molecule has 1 N–H and O–H groups in total. The Labute approximate surface area is 164 Å². The van der Waals surface area contributed by atoms with Crippen LogP contribution in [0.15, 0.2) is 52.1 Å². The molecule has 9 heteroatoms. The molecule has 0 bridgehead atoms. The van der Waals surface area contributed by atoms with Gasteiger partial charge in [-0.2, -0.15) is 0 Å². The van der Waals surface area contributed by atoms with Gasteiger partial charge in [-0.1, -0.05) is 23.9 Å². The van der Waals surface area contributed by atoms with Gasteiger partial charge in [-0.15, -0.1) is 10.2 Å². The Morgan fingerprint density at radius 2 is 2.07 bits per heavy atom. The topological polar surface area (TPSA) is 77.2 Å². The molecule has 3 rings (SSSR count). The largest absolute Gasteiger partial charge is 0.484 e. The maximum Gasteiger partial charge on any atom is 0.277 e. The number of hydrogen-bond donors (Lipinski definition) is 1. The molecule has 1 amide bonds. The van der Waals surface area contributed by atoms with Crippen LogP contribution in [0.25, 0.3) is 0 Å². The normalized spacial score (nSPS) is 11.9. The van der Waals surface area contributed by atoms with Crippen LogP contribution in [0.1, 0.15) is 18.4 Å². The maximum absolute atomic E-state index is 13.6. The van der Waals surface area contributed by atoms with E-state index in [2.05, 4.69) is 15.5 Å². The minimum absolute atomic E-state index is 0.0894. The smallest absolute Gasteiger partial charge is 0.277 e. The van der Waals surface area contributed by atoms with Gasteiger partial charge < -0.3 is 14.5 Å². The standard InChI is InChI=1S/C19H17F2N3O3S/c1-11-4-3-5-14(8-11)26-10-17-23-24-19(27-17)28-12(2)18(25)22-16-9-13(20)6-7-15(16)21/h3-9,12H,10H2,1-2H3,(H,22,25)/t12-/m0/s1. The minimum Gasteiger partial charge on any atom is -0.484 e. The summed E-state index contributed by atoms with van der Waals surface area (Å²) in [6, 6.07) is 10.4. The number of carbonyl (C=O) groups is 1. The zero-order valence-electron chi connectivity index (χ0n) is 15.1. The number of anilines is 1. The van der Waals surface area contributed by atoms with Gasteiger partial charge in [0, 0.05) is 6.07 Å². The van der Waals surface area contributed by atoms with Crippen molar-refractivity contribution < 1.29 is 22.7 Å². The van der Waals surface area contributed by atoms with E-state index in [1.54, 1.807) is 6.92 Å². The summed E-state index contributed by atoms with van der Waals surface area (Å²) in [4.78, 5) is 12.2. The van der Waals surface area contributed by atoms with E-state index < -0.39 is 22.8 Å². The first-order chi connectivity index (χ1) is 13.4. The van der Waals surface area contributed by atoms with Crippen LogP contribution in [0.3, 0.4) is 0 Å². The summed E-state index contributed by atoms with van der Waals surface area (Å²) in [7, 11) is 0. The van der Waals surface area contributed by atoms with Crippen LogP contribution < -0.4 is 10.1 Å². The average molecular weight is 405 g/mol. The number of nitrogens with one attached hydrogen (secondary N) is 1. The number of benzene rings is 2. The monoisotopic (exact) mass is 405 g/mol. The molecule has 0 spiro atoms. The van der Waals surface area contributed by atoms with Crippen molar-refractivity contribution in [3.63, 3.8) is 0 Å². The number of thioether (sulfide) groups is 1. The maximum atomic E-state index is 13.6. The van der Waals surface area contributed by atoms with Gasteiger partial charge in [-0.25, -0.2) is 8.78 Å². The molecule has 28 heavy (non-hydrogen) atoms. The van der Waals surface area contributed by atoms with Crippen LogP contribution in [0, 0.1) is 18.6 Å². The zero-order valence-corrected chi connectivity index (χ0v) is 15.9. The van der Waals surface area contributed by atoms with Gasteiger partial charge in [-0.05, 0) is 43.7 Å². The molecule has 0 aliphatic rings. The Balaban J connectivity index is 1.55. The molecular formula is C19H17F2N3O3S. The lowest BCUT2D eigenvalue weighted by atomic mass is 10.2. The fourth-order valence-corrected chi connectivity index (χ4v) is 2.93. The second kappa shape index (κ2) is 8.83. The van der Waals surface area contributed by atoms with Crippen LogP contribution in [0.5, 0.6) is 5.75 Å². The third kappa shape index (κ3) is 5.29. The Hall–Kier alpha value is -2.94. The number of aromatic nitrogens is 2. The summed E-state index contributed by atoms with van der Waals surface area (Å²) in [6.07, 6.45) is 0. The van der Waals surface area contributed by atoms with Crippen molar-refractivity contribution in [3.05, 3.63) is 65.6 Å². The van der Waals surface area contributed by atoms with Crippen LogP contribution in [-0.4, -0.2) is 21.4 Å². The van der Waals surface area contributed by atoms with Gasteiger partial charge in [0.05, 0.1) is 10.9 Å². The fraction of sp³-hybridized carbons (Fsp3) is 0.211. The lowest BCUT2D eigenvalue weighted by Crippen LogP contribution is -2.23. The number of hydrogen-bond acceptors (Lipinski definition) is 6. The molecule has 146 valence electrons. The van der Waals surface area contributed by atoms with Gasteiger partial charge in [0.15, 0.2) is 6.61 Å². The molecule has 6 nitrogen and oxygen atoms in total. The Kier molecular flexibility index (Phi) is 6.25. The van der Waals surface area contributed by atoms with E-state index in [0.717, 1.165) is 35.5 Å². The summed E-state index contributed by atoms with van der Waals surface area (Å²) in [5, 5.41) is 9.57. The van der Waals surface area contributed by atoms with E-state index in [1.165, 1.54) is 0 Å². The molecule has 0 saturated heterocycles. The lowest BCUT2D eigenvalue weighted by Gasteiger charge is -2.10. The van der Waals surface area contributed by atoms with Crippen molar-refractivity contribution >= 4 is 23.4 Å². The van der Waals surface area contributed by atoms with E-state index in [1.807, 2.05) is 31.2 Å². The molecule has 1 aromatic heterocycles. The van der Waals surface area contributed by atoms with E-state index in [0.29, 0.717) is 5.75 Å². The van der Waals surface area contributed by atoms with Gasteiger partial charge in [0.25, 0.3) is 11.1 Å². The summed E-state index contributed by atoms with van der Waals surface area (Å²) in [6.45, 7) is 3.63. The quantitative estimate of drug-likeness (QED) is 0.589. The number of aryl methyl sites for hydroxylation is 1. The molecule has 2 aromatic carbocycles. The summed E-state index contributed by atoms with van der Waals surface area (Å²) in [5.74, 6) is -0.956. The number of nitrogens with zero attached hydrogens (tertiary/aromatic N) is 2. The van der Waals surface area contributed by atoms with Crippen molar-refractivity contribution in [2.45, 2.75) is 30.9 Å². The van der Waals surface area contributed by atoms with Crippen molar-refractivity contribution in [2.24, 2.45) is 0 Å². The molecule has 3 aromatic rings. The molecule has 0 radical (unpaired) electrons. The molecule has 0 saturated carbocycles. The molecule has 0 aliphatic carbocycles. The van der Waals surface area contributed by atoms with Crippen LogP contribution >= 0.6 is 11.8 Å². The Morgan fingerprint density at radius 1 is 1.25 bits per heavy atom. The van der Waals surface area contributed by atoms with Gasteiger partial charge in [-0.3, -0.25) is 4.79 Å². The first-order valence-electron chi connectivity index (χ1n) is 8.35. The predicted octanol–water partition coefficient (Wildman–Crippen LogP) is 4.35. The van der Waals surface area contributed by atoms with E-state index in [4.69, 9.17) is 9.15 Å². The zero-order chi connectivity index (χ0) is 20.1. The van der Waals surface area contributed by atoms with Crippen molar-refractivity contribution in [1.29, 1.82) is 0 Å². The molecule has 0 unspecified atom stereocenters. The summed E-state index contributed by atoms with van der Waals surface area (Å²) < 4.78 is 37.9. The van der Waals surface area contributed by atoms with Gasteiger partial charge >= 0.3 is 0 Å². The van der Waals surface area contributed by atoms with Crippen molar-refractivity contribution in [2.75, 3.05) is 5.32 Å². The Morgan fingerprint density at radius 3 is 2.86 bits per heavy atom. The first-order valence-corrected chi connectivity index (χ1v) is 9.23. The number of carbonyl (C=O) groups excluding carboxylic acids is 1. The third-order valence-corrected chi connectivity index (χ3v) is 4.57. The second-order valence-corrected chi connectivity index (χ2v) is 7.23. The lowest BCUT2D eigenvalue weighted by molar-refractivity contribution is -0.115. The minimum atomic E-state index is -0.722. The highest BCUT2D eigenvalue weighted by molar-refractivity contribution is 8.00. The van der Waals surface area contributed by atoms with Gasteiger partial charge in [0.1, 0.15) is 17.4 Å². The van der Waals surface area contributed by atoms with E-state index in [-0.39, 0.29) is 23.4 Å². The number of halogens is 2. The third-order valence-electron chi connectivity index (χ3n) is 3.63. The second-order valence-electron chi connectivity index (χ2n) is 5.94. The predicted molar refractivity (Wildman–Crippen MR) is 100 cm³/mol. The first kappa shape index (κ1) is 19.8. The average Bonchev–Trinajstić information content (AvgIpc) is 3.10. The van der Waals surface area contributed by atoms with E-state index >= 15 is 0 Å². The van der Waals surface area contributed by atoms with Gasteiger partial charge in [0.2, 0.25) is 5.91 Å². The van der Waals surface area contributed by atoms with Crippen LogP contribution in [0.4, 0.5) is 14.5 Å². The van der Waals surface area contributed by atoms with Crippen molar-refractivity contribution in [1.82, 2.24) is 10.2 Å². The van der Waals surface area contributed by atoms with Crippen molar-refractivity contribution in [3.8, 4) is 5.75 Å². The Bertz CT molecular complexity index is 981.